The predicted octanol–water partition coefficient (Wildman–Crippen LogP) is 2.36. The van der Waals surface area contributed by atoms with Crippen molar-refractivity contribution in [3.8, 4) is 6.07 Å². The van der Waals surface area contributed by atoms with Crippen LogP contribution in [0.1, 0.15) is 45.4 Å². The number of nitriles is 1. The van der Waals surface area contributed by atoms with Gasteiger partial charge in [0.15, 0.2) is 11.6 Å². The molecule has 0 radical (unpaired) electrons. The zero-order valence-electron chi connectivity index (χ0n) is 19.2. The lowest BCUT2D eigenvalue weighted by molar-refractivity contribution is -0.206. The molecule has 4 fully saturated rings. The van der Waals surface area contributed by atoms with E-state index in [0.29, 0.717) is 34.8 Å². The van der Waals surface area contributed by atoms with E-state index in [1.165, 1.54) is 6.33 Å². The maximum Gasteiger partial charge on any atom is 0.508 e. The number of fused-ring (bicyclic) bond motifs is 3. The molecule has 0 amide bonds. The first-order valence-corrected chi connectivity index (χ1v) is 11.6. The average Bonchev–Trinajstić information content (AvgIpc) is 3.29. The monoisotopic (exact) mass is 469 g/mol. The molecule has 6 rings (SSSR count). The van der Waals surface area contributed by atoms with E-state index in [-0.39, 0.29) is 12.7 Å². The van der Waals surface area contributed by atoms with Gasteiger partial charge in [0.1, 0.15) is 48.9 Å². The van der Waals surface area contributed by atoms with Crippen molar-refractivity contribution in [1.29, 1.82) is 5.26 Å². The number of ether oxygens (including phenoxy) is 5. The van der Waals surface area contributed by atoms with E-state index in [0.717, 1.165) is 12.8 Å². The summed E-state index contributed by atoms with van der Waals surface area (Å²) in [7, 11) is 0. The third-order valence-corrected chi connectivity index (χ3v) is 7.71. The number of carbonyl (C=O) groups excluding carboxylic acids is 1. The number of aromatic nitrogens is 3. The van der Waals surface area contributed by atoms with Crippen molar-refractivity contribution in [3.63, 3.8) is 0 Å². The van der Waals surface area contributed by atoms with Crippen molar-refractivity contribution in [2.24, 2.45) is 17.8 Å². The van der Waals surface area contributed by atoms with Crippen LogP contribution in [0.15, 0.2) is 18.5 Å². The number of hydrogen-bond acceptors (Lipinski definition) is 10. The Kier molecular flexibility index (Phi) is 4.62. The first-order chi connectivity index (χ1) is 16.2. The quantitative estimate of drug-likeness (QED) is 0.663. The Morgan fingerprint density at radius 3 is 2.79 bits per heavy atom. The SMILES string of the molecule is C[C@H]1[C@H]2C[C@@H](OC(=O)OC[C@@]3(C#N)O[C@@H](c4ccc5c(N)ncnn45)[C@@H]4OC(C)(C)O[C@@H]43)C[C@@H]12. The number of hydrogen-bond donors (Lipinski definition) is 1. The topological polar surface area (TPSA) is 143 Å². The molecule has 2 saturated carbocycles. The summed E-state index contributed by atoms with van der Waals surface area (Å²) in [6.07, 6.45) is -0.00419. The summed E-state index contributed by atoms with van der Waals surface area (Å²) in [5, 5.41) is 14.5. The molecule has 0 bridgehead atoms. The van der Waals surface area contributed by atoms with Crippen LogP contribution >= 0.6 is 0 Å². The lowest BCUT2D eigenvalue weighted by atomic mass is 9.96. The zero-order valence-corrected chi connectivity index (χ0v) is 19.2. The highest BCUT2D eigenvalue weighted by Gasteiger charge is 2.65. The highest BCUT2D eigenvalue weighted by atomic mass is 16.8. The maximum absolute atomic E-state index is 12.4. The van der Waals surface area contributed by atoms with Gasteiger partial charge in [-0.2, -0.15) is 10.4 Å². The summed E-state index contributed by atoms with van der Waals surface area (Å²) in [6, 6.07) is 5.75. The van der Waals surface area contributed by atoms with Gasteiger partial charge >= 0.3 is 6.16 Å². The molecule has 180 valence electrons. The molecule has 2 aliphatic carbocycles. The summed E-state index contributed by atoms with van der Waals surface area (Å²) in [5.41, 5.74) is 5.62. The first-order valence-electron chi connectivity index (χ1n) is 11.6. The number of anilines is 1. The van der Waals surface area contributed by atoms with E-state index in [1.54, 1.807) is 30.5 Å². The molecular weight excluding hydrogens is 442 g/mol. The van der Waals surface area contributed by atoms with Crippen molar-refractivity contribution in [3.05, 3.63) is 24.2 Å². The smallest absolute Gasteiger partial charge is 0.431 e. The fraction of sp³-hybridized carbons (Fsp3) is 0.652. The molecule has 8 atom stereocenters. The van der Waals surface area contributed by atoms with Gasteiger partial charge in [-0.05, 0) is 56.6 Å². The molecule has 0 spiro atoms. The highest BCUT2D eigenvalue weighted by molar-refractivity contribution is 5.65. The number of nitrogens with zero attached hydrogens (tertiary/aromatic N) is 4. The van der Waals surface area contributed by atoms with E-state index in [4.69, 9.17) is 29.4 Å². The van der Waals surface area contributed by atoms with Gasteiger partial charge in [0.25, 0.3) is 0 Å². The van der Waals surface area contributed by atoms with Crippen LogP contribution in [0.2, 0.25) is 0 Å². The Labute approximate surface area is 196 Å². The minimum atomic E-state index is -1.59. The van der Waals surface area contributed by atoms with Gasteiger partial charge in [0.2, 0.25) is 5.60 Å². The molecule has 11 heteroatoms. The normalized spacial score (nSPS) is 39.4. The second kappa shape index (κ2) is 7.28. The molecule has 2 saturated heterocycles. The highest BCUT2D eigenvalue weighted by Crippen LogP contribution is 2.58. The van der Waals surface area contributed by atoms with Gasteiger partial charge < -0.3 is 29.4 Å². The van der Waals surface area contributed by atoms with Crippen LogP contribution in [0.4, 0.5) is 10.6 Å². The molecule has 11 nitrogen and oxygen atoms in total. The minimum absolute atomic E-state index is 0.135. The van der Waals surface area contributed by atoms with Gasteiger partial charge in [-0.1, -0.05) is 6.92 Å². The van der Waals surface area contributed by atoms with E-state index in [1.807, 2.05) is 0 Å². The number of carbonyl (C=O) groups is 1. The Bertz CT molecular complexity index is 1180. The third kappa shape index (κ3) is 3.24. The second-order valence-corrected chi connectivity index (χ2v) is 10.2. The molecular formula is C23H27N5O6. The fourth-order valence-corrected chi connectivity index (χ4v) is 5.94. The van der Waals surface area contributed by atoms with Gasteiger partial charge in [-0.15, -0.1) is 0 Å². The molecule has 4 aliphatic rings. The van der Waals surface area contributed by atoms with Crippen LogP contribution in [-0.4, -0.2) is 57.1 Å². The third-order valence-electron chi connectivity index (χ3n) is 7.71. The van der Waals surface area contributed by atoms with Crippen molar-refractivity contribution in [2.75, 3.05) is 12.3 Å². The average molecular weight is 469 g/mol. The van der Waals surface area contributed by atoms with Crippen molar-refractivity contribution in [2.45, 2.75) is 69.4 Å². The predicted molar refractivity (Wildman–Crippen MR) is 115 cm³/mol. The standard InChI is InChI=1S/C23H27N5O6/c1-11-13-6-12(7-14(11)13)31-21(29)30-9-23(8-24)19-18(32-22(2,3)34-19)17(33-23)15-4-5-16-20(25)26-10-27-28(15)16/h4-5,10-14,17-19H,6-7,9H2,1-3H3,(H2,25,26,27)/t11-,12+,13+,14-,17-,18-,19-,23+/m0/s1. The lowest BCUT2D eigenvalue weighted by Gasteiger charge is -2.28. The molecule has 2 aromatic heterocycles. The second-order valence-electron chi connectivity index (χ2n) is 10.2. The Morgan fingerprint density at radius 1 is 1.29 bits per heavy atom. The summed E-state index contributed by atoms with van der Waals surface area (Å²) >= 11 is 0. The van der Waals surface area contributed by atoms with Gasteiger partial charge in [-0.3, -0.25) is 0 Å². The van der Waals surface area contributed by atoms with Crippen molar-refractivity contribution < 1.29 is 28.5 Å². The summed E-state index contributed by atoms with van der Waals surface area (Å²) < 4.78 is 31.0. The van der Waals surface area contributed by atoms with E-state index in [9.17, 15) is 10.1 Å². The Morgan fingerprint density at radius 2 is 2.06 bits per heavy atom. The molecule has 4 heterocycles. The van der Waals surface area contributed by atoms with Crippen LogP contribution < -0.4 is 5.73 Å². The largest absolute Gasteiger partial charge is 0.508 e. The molecule has 2 aromatic rings. The molecule has 2 N–H and O–H groups in total. The lowest BCUT2D eigenvalue weighted by Crippen LogP contribution is -2.46. The van der Waals surface area contributed by atoms with Crippen LogP contribution in [0, 0.1) is 29.1 Å². The molecule has 2 aliphatic heterocycles. The Balaban J connectivity index is 1.23. The van der Waals surface area contributed by atoms with E-state index < -0.39 is 35.9 Å². The Hall–Kier alpha value is -2.94. The molecule has 0 unspecified atom stereocenters. The zero-order chi connectivity index (χ0) is 23.8. The van der Waals surface area contributed by atoms with Crippen LogP contribution in [0.25, 0.3) is 5.52 Å². The van der Waals surface area contributed by atoms with Gasteiger partial charge in [0.05, 0.1) is 5.69 Å². The van der Waals surface area contributed by atoms with Crippen molar-refractivity contribution >= 4 is 17.5 Å². The number of rotatable bonds is 4. The van der Waals surface area contributed by atoms with E-state index >= 15 is 0 Å². The number of nitrogens with two attached hydrogens (primary N) is 1. The fourth-order valence-electron chi connectivity index (χ4n) is 5.94. The maximum atomic E-state index is 12.4. The summed E-state index contributed by atoms with van der Waals surface area (Å²) in [6.45, 7) is 5.41. The first kappa shape index (κ1) is 21.6. The molecule has 34 heavy (non-hydrogen) atoms. The molecule has 0 aromatic carbocycles. The van der Waals surface area contributed by atoms with E-state index in [2.05, 4.69) is 23.1 Å². The van der Waals surface area contributed by atoms with Crippen LogP contribution in [-0.2, 0) is 23.7 Å². The van der Waals surface area contributed by atoms with Crippen LogP contribution in [0.5, 0.6) is 0 Å². The summed E-state index contributed by atoms with van der Waals surface area (Å²) in [4.78, 5) is 16.5. The summed E-state index contributed by atoms with van der Waals surface area (Å²) in [5.74, 6) is 1.36. The van der Waals surface area contributed by atoms with Crippen molar-refractivity contribution in [1.82, 2.24) is 14.6 Å². The number of nitrogen functional groups attached to an aromatic ring is 1. The van der Waals surface area contributed by atoms with Crippen LogP contribution in [0.3, 0.4) is 0 Å². The minimum Gasteiger partial charge on any atom is -0.431 e. The van der Waals surface area contributed by atoms with Gasteiger partial charge in [0, 0.05) is 0 Å². The van der Waals surface area contributed by atoms with Gasteiger partial charge in [-0.25, -0.2) is 14.3 Å².